The number of benzene rings is 1. The van der Waals surface area contributed by atoms with Gasteiger partial charge >= 0.3 is 0 Å². The number of hydrogen-bond acceptors (Lipinski definition) is 4. The molecule has 0 N–H and O–H groups in total. The zero-order valence-electron chi connectivity index (χ0n) is 13.5. The van der Waals surface area contributed by atoms with E-state index in [4.69, 9.17) is 9.15 Å². The molecule has 0 aliphatic heterocycles. The van der Waals surface area contributed by atoms with Gasteiger partial charge in [-0.2, -0.15) is 0 Å². The van der Waals surface area contributed by atoms with Crippen LogP contribution in [0.15, 0.2) is 34.7 Å². The van der Waals surface area contributed by atoms with Crippen molar-refractivity contribution in [3.8, 4) is 11.5 Å². The second kappa shape index (κ2) is 7.22. The number of rotatable bonds is 6. The van der Waals surface area contributed by atoms with Crippen LogP contribution in [0.5, 0.6) is 0 Å². The van der Waals surface area contributed by atoms with Crippen LogP contribution in [0.4, 0.5) is 0 Å². The summed E-state index contributed by atoms with van der Waals surface area (Å²) >= 11 is 0. The number of carbonyl (C=O) groups is 1. The molecule has 1 heterocycles. The van der Waals surface area contributed by atoms with E-state index >= 15 is 0 Å². The molecule has 0 aliphatic carbocycles. The van der Waals surface area contributed by atoms with Gasteiger partial charge in [-0.05, 0) is 26.0 Å². The van der Waals surface area contributed by atoms with Crippen molar-refractivity contribution in [1.82, 2.24) is 9.88 Å². The lowest BCUT2D eigenvalue weighted by molar-refractivity contribution is -0.131. The molecule has 0 spiro atoms. The Kier molecular flexibility index (Phi) is 5.33. The summed E-state index contributed by atoms with van der Waals surface area (Å²) < 4.78 is 10.8. The fraction of sp³-hybridized carbons (Fsp3) is 0.412. The van der Waals surface area contributed by atoms with Crippen LogP contribution in [0.25, 0.3) is 11.5 Å². The van der Waals surface area contributed by atoms with Crippen molar-refractivity contribution in [2.24, 2.45) is 0 Å². The molecule has 0 saturated carbocycles. The maximum absolute atomic E-state index is 12.3. The van der Waals surface area contributed by atoms with Crippen molar-refractivity contribution < 1.29 is 13.9 Å². The molecule has 1 aromatic heterocycles. The molecule has 0 radical (unpaired) electrons. The van der Waals surface area contributed by atoms with E-state index in [-0.39, 0.29) is 18.4 Å². The first-order chi connectivity index (χ1) is 10.5. The van der Waals surface area contributed by atoms with Crippen molar-refractivity contribution in [2.45, 2.75) is 26.3 Å². The maximum atomic E-state index is 12.3. The van der Waals surface area contributed by atoms with Crippen LogP contribution in [0.2, 0.25) is 0 Å². The first kappa shape index (κ1) is 16.2. The molecule has 22 heavy (non-hydrogen) atoms. The Morgan fingerprint density at radius 3 is 2.68 bits per heavy atom. The van der Waals surface area contributed by atoms with Crippen LogP contribution in [0, 0.1) is 6.92 Å². The first-order valence-corrected chi connectivity index (χ1v) is 7.29. The standard InChI is InChI=1S/C17H22N2O3/c1-12(11-21-4)19(3)16(20)10-15-13(2)22-17(18-15)14-8-6-5-7-9-14/h5-9,12H,10-11H2,1-4H3/t12-/m1/s1. The van der Waals surface area contributed by atoms with E-state index in [0.717, 1.165) is 5.56 Å². The number of amides is 1. The Balaban J connectivity index is 2.11. The van der Waals surface area contributed by atoms with Crippen LogP contribution >= 0.6 is 0 Å². The minimum Gasteiger partial charge on any atom is -0.441 e. The van der Waals surface area contributed by atoms with Crippen LogP contribution in [0.1, 0.15) is 18.4 Å². The van der Waals surface area contributed by atoms with Gasteiger partial charge in [0.25, 0.3) is 0 Å². The number of aryl methyl sites for hydroxylation is 1. The second-order valence-corrected chi connectivity index (χ2v) is 5.37. The van der Waals surface area contributed by atoms with Crippen molar-refractivity contribution in [2.75, 3.05) is 20.8 Å². The molecule has 1 amide bonds. The SMILES string of the molecule is COC[C@@H](C)N(C)C(=O)Cc1nc(-c2ccccc2)oc1C. The van der Waals surface area contributed by atoms with Gasteiger partial charge in [0.2, 0.25) is 11.8 Å². The fourth-order valence-corrected chi connectivity index (χ4v) is 2.16. The largest absolute Gasteiger partial charge is 0.441 e. The summed E-state index contributed by atoms with van der Waals surface area (Å²) in [5, 5.41) is 0. The van der Waals surface area contributed by atoms with E-state index in [9.17, 15) is 4.79 Å². The minimum absolute atomic E-state index is 0.000520. The number of aromatic nitrogens is 1. The number of ether oxygens (including phenoxy) is 1. The average molecular weight is 302 g/mol. The Hall–Kier alpha value is -2.14. The first-order valence-electron chi connectivity index (χ1n) is 7.29. The quantitative estimate of drug-likeness (QED) is 0.823. The Bertz CT molecular complexity index is 622. The third-order valence-electron chi connectivity index (χ3n) is 3.69. The lowest BCUT2D eigenvalue weighted by atomic mass is 10.2. The van der Waals surface area contributed by atoms with Crippen molar-refractivity contribution in [1.29, 1.82) is 0 Å². The molecule has 0 bridgehead atoms. The Labute approximate surface area is 130 Å². The van der Waals surface area contributed by atoms with E-state index in [2.05, 4.69) is 4.98 Å². The minimum atomic E-state index is 0.000520. The fourth-order valence-electron chi connectivity index (χ4n) is 2.16. The van der Waals surface area contributed by atoms with E-state index in [0.29, 0.717) is 24.0 Å². The lowest BCUT2D eigenvalue weighted by Gasteiger charge is -2.24. The zero-order chi connectivity index (χ0) is 16.1. The Morgan fingerprint density at radius 1 is 1.36 bits per heavy atom. The van der Waals surface area contributed by atoms with Gasteiger partial charge in [-0.1, -0.05) is 18.2 Å². The molecular weight excluding hydrogens is 280 g/mol. The Morgan fingerprint density at radius 2 is 2.05 bits per heavy atom. The van der Waals surface area contributed by atoms with Crippen LogP contribution in [-0.2, 0) is 16.0 Å². The molecule has 2 rings (SSSR count). The van der Waals surface area contributed by atoms with Gasteiger partial charge in [0.1, 0.15) is 5.76 Å². The summed E-state index contributed by atoms with van der Waals surface area (Å²) in [5.74, 6) is 1.23. The number of likely N-dealkylation sites (N-methyl/N-ethyl adjacent to an activating group) is 1. The smallest absolute Gasteiger partial charge is 0.228 e. The maximum Gasteiger partial charge on any atom is 0.228 e. The highest BCUT2D eigenvalue weighted by Crippen LogP contribution is 2.22. The average Bonchev–Trinajstić information content (AvgIpc) is 2.88. The molecule has 1 atom stereocenters. The number of methoxy groups -OCH3 is 1. The number of carbonyl (C=O) groups excluding carboxylic acids is 1. The highest BCUT2D eigenvalue weighted by molar-refractivity contribution is 5.78. The topological polar surface area (TPSA) is 55.6 Å². The van der Waals surface area contributed by atoms with Gasteiger partial charge in [0.05, 0.1) is 24.8 Å². The normalized spacial score (nSPS) is 12.2. The van der Waals surface area contributed by atoms with Crippen molar-refractivity contribution >= 4 is 5.91 Å². The lowest BCUT2D eigenvalue weighted by Crippen LogP contribution is -2.38. The van der Waals surface area contributed by atoms with Gasteiger partial charge in [-0.15, -0.1) is 0 Å². The monoisotopic (exact) mass is 302 g/mol. The van der Waals surface area contributed by atoms with Crippen molar-refractivity contribution in [3.05, 3.63) is 41.8 Å². The third-order valence-corrected chi connectivity index (χ3v) is 3.69. The molecule has 5 heteroatoms. The molecule has 0 fully saturated rings. The van der Waals surface area contributed by atoms with Gasteiger partial charge < -0.3 is 14.1 Å². The van der Waals surface area contributed by atoms with Gasteiger partial charge in [-0.3, -0.25) is 4.79 Å². The predicted octanol–water partition coefficient (Wildman–Crippen LogP) is 2.69. The van der Waals surface area contributed by atoms with Gasteiger partial charge in [0, 0.05) is 19.7 Å². The number of hydrogen-bond donors (Lipinski definition) is 0. The highest BCUT2D eigenvalue weighted by Gasteiger charge is 2.20. The van der Waals surface area contributed by atoms with Crippen LogP contribution < -0.4 is 0 Å². The molecule has 2 aromatic rings. The van der Waals surface area contributed by atoms with Gasteiger partial charge in [-0.25, -0.2) is 4.98 Å². The molecule has 0 aliphatic rings. The third kappa shape index (κ3) is 3.74. The van der Waals surface area contributed by atoms with E-state index in [1.807, 2.05) is 44.2 Å². The molecule has 5 nitrogen and oxygen atoms in total. The molecule has 118 valence electrons. The summed E-state index contributed by atoms with van der Waals surface area (Å²) in [6.07, 6.45) is 0.229. The van der Waals surface area contributed by atoms with E-state index in [1.165, 1.54) is 0 Å². The molecular formula is C17H22N2O3. The summed E-state index contributed by atoms with van der Waals surface area (Å²) in [6.45, 7) is 4.29. The zero-order valence-corrected chi connectivity index (χ0v) is 13.5. The molecule has 0 unspecified atom stereocenters. The van der Waals surface area contributed by atoms with E-state index < -0.39 is 0 Å². The van der Waals surface area contributed by atoms with Gasteiger partial charge in [0.15, 0.2) is 0 Å². The molecule has 1 aromatic carbocycles. The van der Waals surface area contributed by atoms with Crippen LogP contribution in [-0.4, -0.2) is 42.6 Å². The highest BCUT2D eigenvalue weighted by atomic mass is 16.5. The van der Waals surface area contributed by atoms with Crippen LogP contribution in [0.3, 0.4) is 0 Å². The second-order valence-electron chi connectivity index (χ2n) is 5.37. The van der Waals surface area contributed by atoms with Crippen molar-refractivity contribution in [3.63, 3.8) is 0 Å². The predicted molar refractivity (Wildman–Crippen MR) is 84.5 cm³/mol. The summed E-state index contributed by atoms with van der Waals surface area (Å²) in [5.41, 5.74) is 1.59. The summed E-state index contributed by atoms with van der Waals surface area (Å²) in [4.78, 5) is 18.5. The number of nitrogens with zero attached hydrogens (tertiary/aromatic N) is 2. The van der Waals surface area contributed by atoms with E-state index in [1.54, 1.807) is 19.1 Å². The summed E-state index contributed by atoms with van der Waals surface area (Å²) in [7, 11) is 3.41. The number of oxazole rings is 1. The molecule has 0 saturated heterocycles. The summed E-state index contributed by atoms with van der Waals surface area (Å²) in [6, 6.07) is 9.70.